The van der Waals surface area contributed by atoms with Crippen LogP contribution in [-0.4, -0.2) is 47.8 Å². The van der Waals surface area contributed by atoms with Gasteiger partial charge in [-0.2, -0.15) is 15.0 Å². The molecule has 7 heteroatoms. The molecule has 1 aliphatic carbocycles. The van der Waals surface area contributed by atoms with E-state index in [1.54, 1.807) is 0 Å². The number of anilines is 3. The zero-order valence-electron chi connectivity index (χ0n) is 12.1. The lowest BCUT2D eigenvalue weighted by atomic mass is 10.1. The summed E-state index contributed by atoms with van der Waals surface area (Å²) in [5, 5.41) is 3.28. The fourth-order valence-corrected chi connectivity index (χ4v) is 2.50. The zero-order chi connectivity index (χ0) is 14.2. The van der Waals surface area contributed by atoms with Crippen molar-refractivity contribution in [3.8, 4) is 0 Å². The molecule has 1 aromatic heterocycles. The molecule has 2 heterocycles. The van der Waals surface area contributed by atoms with Crippen LogP contribution in [0.3, 0.4) is 0 Å². The van der Waals surface area contributed by atoms with Crippen molar-refractivity contribution >= 4 is 17.8 Å². The summed E-state index contributed by atoms with van der Waals surface area (Å²) in [5.74, 6) is 2.16. The Hall–Kier alpha value is -1.63. The molecule has 2 fully saturated rings. The molecule has 20 heavy (non-hydrogen) atoms. The van der Waals surface area contributed by atoms with Gasteiger partial charge in [0.05, 0.1) is 13.2 Å². The lowest BCUT2D eigenvalue weighted by molar-refractivity contribution is 0.122. The van der Waals surface area contributed by atoms with Crippen molar-refractivity contribution in [1.29, 1.82) is 0 Å². The van der Waals surface area contributed by atoms with Gasteiger partial charge in [0, 0.05) is 19.6 Å². The van der Waals surface area contributed by atoms with E-state index in [9.17, 15) is 0 Å². The van der Waals surface area contributed by atoms with Gasteiger partial charge >= 0.3 is 0 Å². The molecule has 0 bridgehead atoms. The van der Waals surface area contributed by atoms with Crippen LogP contribution in [0.1, 0.15) is 20.3 Å². The fourth-order valence-electron chi connectivity index (χ4n) is 2.50. The molecule has 0 aromatic carbocycles. The average molecular weight is 278 g/mol. The van der Waals surface area contributed by atoms with Crippen molar-refractivity contribution in [1.82, 2.24) is 15.0 Å². The number of nitrogens with zero attached hydrogens (tertiary/aromatic N) is 4. The first-order chi connectivity index (χ1) is 9.54. The number of aromatic nitrogens is 3. The molecule has 3 N–H and O–H groups in total. The highest BCUT2D eigenvalue weighted by Gasteiger charge is 2.45. The molecule has 1 aliphatic heterocycles. The van der Waals surface area contributed by atoms with Gasteiger partial charge in [-0.05, 0) is 17.8 Å². The number of hydrogen-bond donors (Lipinski definition) is 2. The maximum Gasteiger partial charge on any atom is 0.232 e. The average Bonchev–Trinajstić information content (AvgIpc) is 3.04. The number of ether oxygens (including phenoxy) is 1. The third kappa shape index (κ3) is 2.92. The van der Waals surface area contributed by atoms with Crippen molar-refractivity contribution in [2.75, 3.05) is 48.8 Å². The van der Waals surface area contributed by atoms with Gasteiger partial charge in [0.2, 0.25) is 17.8 Å². The SMILES string of the molecule is CC1(C)CC1CNc1nc(N)nc(N2CCOCC2)n1. The summed E-state index contributed by atoms with van der Waals surface area (Å²) < 4.78 is 5.33. The van der Waals surface area contributed by atoms with E-state index in [1.807, 2.05) is 0 Å². The summed E-state index contributed by atoms with van der Waals surface area (Å²) in [6.45, 7) is 8.42. The molecule has 1 unspecified atom stereocenters. The van der Waals surface area contributed by atoms with Crippen LogP contribution < -0.4 is 16.0 Å². The topological polar surface area (TPSA) is 89.2 Å². The molecular formula is C13H22N6O. The molecule has 0 radical (unpaired) electrons. The standard InChI is InChI=1S/C13H22N6O/c1-13(2)7-9(13)8-15-11-16-10(14)17-12(18-11)19-3-5-20-6-4-19/h9H,3-8H2,1-2H3,(H3,14,15,16,17,18). The molecule has 1 aromatic rings. The number of nitrogens with two attached hydrogens (primary N) is 1. The van der Waals surface area contributed by atoms with Crippen molar-refractivity contribution < 1.29 is 4.74 Å². The van der Waals surface area contributed by atoms with E-state index in [1.165, 1.54) is 6.42 Å². The summed E-state index contributed by atoms with van der Waals surface area (Å²) in [4.78, 5) is 14.9. The highest BCUT2D eigenvalue weighted by molar-refractivity contribution is 5.42. The Balaban J connectivity index is 1.66. The van der Waals surface area contributed by atoms with Gasteiger partial charge in [-0.15, -0.1) is 0 Å². The third-order valence-corrected chi connectivity index (χ3v) is 4.16. The Bertz CT molecular complexity index is 486. The molecular weight excluding hydrogens is 256 g/mol. The number of nitrogen functional groups attached to an aromatic ring is 1. The third-order valence-electron chi connectivity index (χ3n) is 4.16. The van der Waals surface area contributed by atoms with Crippen LogP contribution in [0.5, 0.6) is 0 Å². The van der Waals surface area contributed by atoms with E-state index in [-0.39, 0.29) is 5.95 Å². The first-order valence-corrected chi connectivity index (χ1v) is 7.13. The molecule has 110 valence electrons. The number of rotatable bonds is 4. The first-order valence-electron chi connectivity index (χ1n) is 7.13. The quantitative estimate of drug-likeness (QED) is 0.840. The van der Waals surface area contributed by atoms with Gasteiger partial charge < -0.3 is 20.7 Å². The minimum absolute atomic E-state index is 0.263. The number of nitrogens with one attached hydrogen (secondary N) is 1. The Morgan fingerprint density at radius 2 is 2.00 bits per heavy atom. The molecule has 1 atom stereocenters. The second-order valence-corrected chi connectivity index (χ2v) is 6.19. The first kappa shape index (κ1) is 13.4. The van der Waals surface area contributed by atoms with Crippen LogP contribution in [0, 0.1) is 11.3 Å². The van der Waals surface area contributed by atoms with E-state index < -0.39 is 0 Å². The predicted octanol–water partition coefficient (Wildman–Crippen LogP) is 0.748. The lowest BCUT2D eigenvalue weighted by Gasteiger charge is -2.26. The fraction of sp³-hybridized carbons (Fsp3) is 0.769. The summed E-state index contributed by atoms with van der Waals surface area (Å²) in [6.07, 6.45) is 1.25. The largest absolute Gasteiger partial charge is 0.378 e. The van der Waals surface area contributed by atoms with E-state index in [2.05, 4.69) is 39.0 Å². The highest BCUT2D eigenvalue weighted by atomic mass is 16.5. The smallest absolute Gasteiger partial charge is 0.232 e. The van der Waals surface area contributed by atoms with Crippen molar-refractivity contribution in [3.63, 3.8) is 0 Å². The van der Waals surface area contributed by atoms with Crippen molar-refractivity contribution in [2.45, 2.75) is 20.3 Å². The summed E-state index contributed by atoms with van der Waals surface area (Å²) in [7, 11) is 0. The number of hydrogen-bond acceptors (Lipinski definition) is 7. The van der Waals surface area contributed by atoms with Gasteiger partial charge in [0.15, 0.2) is 0 Å². The predicted molar refractivity (Wildman–Crippen MR) is 77.6 cm³/mol. The molecule has 0 amide bonds. The zero-order valence-corrected chi connectivity index (χ0v) is 12.1. The van der Waals surface area contributed by atoms with E-state index in [0.717, 1.165) is 19.6 Å². The Kier molecular flexibility index (Phi) is 3.37. The van der Waals surface area contributed by atoms with E-state index in [0.29, 0.717) is 36.4 Å². The molecule has 0 spiro atoms. The Labute approximate surface area is 118 Å². The number of morpholine rings is 1. The molecule has 7 nitrogen and oxygen atoms in total. The minimum Gasteiger partial charge on any atom is -0.378 e. The molecule has 3 rings (SSSR count). The lowest BCUT2D eigenvalue weighted by Crippen LogP contribution is -2.37. The van der Waals surface area contributed by atoms with E-state index >= 15 is 0 Å². The summed E-state index contributed by atoms with van der Waals surface area (Å²) in [6, 6.07) is 0. The van der Waals surface area contributed by atoms with E-state index in [4.69, 9.17) is 10.5 Å². The Morgan fingerprint density at radius 1 is 1.30 bits per heavy atom. The van der Waals surface area contributed by atoms with Crippen molar-refractivity contribution in [2.24, 2.45) is 11.3 Å². The van der Waals surface area contributed by atoms with Crippen LogP contribution in [0.4, 0.5) is 17.8 Å². The second-order valence-electron chi connectivity index (χ2n) is 6.19. The van der Waals surface area contributed by atoms with Crippen LogP contribution >= 0.6 is 0 Å². The molecule has 2 aliphatic rings. The van der Waals surface area contributed by atoms with Crippen molar-refractivity contribution in [3.05, 3.63) is 0 Å². The van der Waals surface area contributed by atoms with Gasteiger partial charge in [-0.25, -0.2) is 0 Å². The van der Waals surface area contributed by atoms with Gasteiger partial charge in [-0.3, -0.25) is 0 Å². The Morgan fingerprint density at radius 3 is 2.65 bits per heavy atom. The van der Waals surface area contributed by atoms with Gasteiger partial charge in [0.1, 0.15) is 0 Å². The van der Waals surface area contributed by atoms with Gasteiger partial charge in [0.25, 0.3) is 0 Å². The molecule has 1 saturated heterocycles. The monoisotopic (exact) mass is 278 g/mol. The van der Waals surface area contributed by atoms with Crippen LogP contribution in [0.2, 0.25) is 0 Å². The second kappa shape index (κ2) is 5.05. The maximum atomic E-state index is 5.78. The van der Waals surface area contributed by atoms with Gasteiger partial charge in [-0.1, -0.05) is 13.8 Å². The maximum absolute atomic E-state index is 5.78. The summed E-state index contributed by atoms with van der Waals surface area (Å²) in [5.41, 5.74) is 6.22. The minimum atomic E-state index is 0.263. The summed E-state index contributed by atoms with van der Waals surface area (Å²) >= 11 is 0. The van der Waals surface area contributed by atoms with Crippen LogP contribution in [0.25, 0.3) is 0 Å². The van der Waals surface area contributed by atoms with Crippen LogP contribution in [0.15, 0.2) is 0 Å². The highest BCUT2D eigenvalue weighted by Crippen LogP contribution is 2.51. The normalized spacial score (nSPS) is 24.5. The van der Waals surface area contributed by atoms with Crippen LogP contribution in [-0.2, 0) is 4.74 Å². The molecule has 1 saturated carbocycles.